The topological polar surface area (TPSA) is 58.5 Å². The maximum Gasteiger partial charge on any atom is 0.411 e. The van der Waals surface area contributed by atoms with Crippen LogP contribution in [-0.2, 0) is 24.4 Å². The first kappa shape index (κ1) is 23.2. The third-order valence-corrected chi connectivity index (χ3v) is 3.37. The minimum atomic E-state index is -4.31. The van der Waals surface area contributed by atoms with Crippen LogP contribution >= 0.6 is 24.0 Å². The van der Waals surface area contributed by atoms with Crippen molar-refractivity contribution in [1.82, 2.24) is 15.6 Å². The average molecular weight is 494 g/mol. The van der Waals surface area contributed by atoms with Crippen molar-refractivity contribution in [2.75, 3.05) is 13.7 Å². The molecule has 2 N–H and O–H groups in total. The lowest BCUT2D eigenvalue weighted by atomic mass is 10.1. The third kappa shape index (κ3) is 9.57. The number of halogens is 4. The van der Waals surface area contributed by atoms with Gasteiger partial charge < -0.3 is 15.4 Å². The van der Waals surface area contributed by atoms with Gasteiger partial charge in [-0.2, -0.15) is 13.2 Å². The number of guanidine groups is 1. The van der Waals surface area contributed by atoms with Crippen LogP contribution in [0.2, 0.25) is 0 Å². The van der Waals surface area contributed by atoms with Crippen molar-refractivity contribution in [3.8, 4) is 0 Å². The van der Waals surface area contributed by atoms with Gasteiger partial charge in [-0.3, -0.25) is 9.98 Å². The Balaban J connectivity index is 0.00000364. The van der Waals surface area contributed by atoms with Crippen LogP contribution in [0.5, 0.6) is 0 Å². The highest BCUT2D eigenvalue weighted by Crippen LogP contribution is 2.16. The van der Waals surface area contributed by atoms with Gasteiger partial charge in [0.2, 0.25) is 0 Å². The van der Waals surface area contributed by atoms with Crippen LogP contribution < -0.4 is 10.6 Å². The van der Waals surface area contributed by atoms with Crippen molar-refractivity contribution >= 4 is 29.9 Å². The fourth-order valence-corrected chi connectivity index (χ4v) is 2.20. The van der Waals surface area contributed by atoms with E-state index in [1.54, 1.807) is 31.4 Å². The van der Waals surface area contributed by atoms with Crippen LogP contribution in [0.25, 0.3) is 0 Å². The lowest BCUT2D eigenvalue weighted by molar-refractivity contribution is -0.176. The zero-order valence-corrected chi connectivity index (χ0v) is 17.1. The molecule has 0 saturated heterocycles. The van der Waals surface area contributed by atoms with Gasteiger partial charge in [0, 0.05) is 19.8 Å². The SMILES string of the molecule is CN=C(NCc1cccc(COCC(F)(F)F)c1)NCc1ccccn1.I. The zero-order valence-electron chi connectivity index (χ0n) is 14.8. The molecular weight excluding hydrogens is 472 g/mol. The van der Waals surface area contributed by atoms with E-state index in [9.17, 15) is 13.2 Å². The molecule has 0 unspecified atom stereocenters. The van der Waals surface area contributed by atoms with Crippen molar-refractivity contribution in [3.05, 3.63) is 65.5 Å². The summed E-state index contributed by atoms with van der Waals surface area (Å²) >= 11 is 0. The van der Waals surface area contributed by atoms with Crippen LogP contribution in [0, 0.1) is 0 Å². The molecule has 0 aliphatic rings. The summed E-state index contributed by atoms with van der Waals surface area (Å²) in [4.78, 5) is 8.36. The van der Waals surface area contributed by atoms with E-state index >= 15 is 0 Å². The quantitative estimate of drug-likeness (QED) is 0.351. The number of hydrogen-bond acceptors (Lipinski definition) is 3. The Morgan fingerprint density at radius 3 is 2.48 bits per heavy atom. The Kier molecular flexibility index (Phi) is 10.1. The molecule has 0 aliphatic carbocycles. The Bertz CT molecular complexity index is 711. The second-order valence-electron chi connectivity index (χ2n) is 5.53. The number of nitrogens with one attached hydrogen (secondary N) is 2. The molecule has 0 saturated carbocycles. The van der Waals surface area contributed by atoms with Gasteiger partial charge in [-0.25, -0.2) is 0 Å². The second kappa shape index (κ2) is 11.8. The Hall–Kier alpha value is -1.88. The summed E-state index contributed by atoms with van der Waals surface area (Å²) in [5.74, 6) is 0.606. The van der Waals surface area contributed by atoms with Crippen LogP contribution in [-0.4, -0.2) is 30.8 Å². The Labute approximate surface area is 173 Å². The summed E-state index contributed by atoms with van der Waals surface area (Å²) in [5.41, 5.74) is 2.49. The lowest BCUT2D eigenvalue weighted by Crippen LogP contribution is -2.36. The van der Waals surface area contributed by atoms with Crippen LogP contribution in [0.3, 0.4) is 0 Å². The molecule has 0 amide bonds. The normalized spacial score (nSPS) is 11.6. The number of benzene rings is 1. The van der Waals surface area contributed by atoms with E-state index in [1.165, 1.54) is 0 Å². The van der Waals surface area contributed by atoms with Gasteiger partial charge in [0.15, 0.2) is 5.96 Å². The van der Waals surface area contributed by atoms with Crippen molar-refractivity contribution in [2.45, 2.75) is 25.9 Å². The van der Waals surface area contributed by atoms with Gasteiger partial charge >= 0.3 is 6.18 Å². The summed E-state index contributed by atoms with van der Waals surface area (Å²) in [6, 6.07) is 12.9. The minimum absolute atomic E-state index is 0. The highest BCUT2D eigenvalue weighted by Gasteiger charge is 2.27. The number of aromatic nitrogens is 1. The number of pyridine rings is 1. The number of aliphatic imine (C=N–C) groups is 1. The molecular formula is C18H22F3IN4O. The van der Waals surface area contributed by atoms with Gasteiger partial charge in [-0.05, 0) is 23.3 Å². The maximum atomic E-state index is 12.1. The summed E-state index contributed by atoms with van der Waals surface area (Å²) in [5, 5.41) is 6.30. The largest absolute Gasteiger partial charge is 0.411 e. The minimum Gasteiger partial charge on any atom is -0.367 e. The monoisotopic (exact) mass is 494 g/mol. The predicted molar refractivity (Wildman–Crippen MR) is 109 cm³/mol. The lowest BCUT2D eigenvalue weighted by Gasteiger charge is -2.12. The second-order valence-corrected chi connectivity index (χ2v) is 5.53. The molecule has 0 spiro atoms. The van der Waals surface area contributed by atoms with E-state index in [0.29, 0.717) is 24.6 Å². The number of alkyl halides is 3. The third-order valence-electron chi connectivity index (χ3n) is 3.37. The number of ether oxygens (including phenoxy) is 1. The smallest absolute Gasteiger partial charge is 0.367 e. The van der Waals surface area contributed by atoms with E-state index < -0.39 is 12.8 Å². The molecule has 2 aromatic rings. The van der Waals surface area contributed by atoms with E-state index in [2.05, 4.69) is 25.3 Å². The molecule has 5 nitrogen and oxygen atoms in total. The van der Waals surface area contributed by atoms with Gasteiger partial charge in [0.05, 0.1) is 18.8 Å². The van der Waals surface area contributed by atoms with Gasteiger partial charge in [-0.1, -0.05) is 30.3 Å². The van der Waals surface area contributed by atoms with Crippen molar-refractivity contribution in [1.29, 1.82) is 0 Å². The average Bonchev–Trinajstić information content (AvgIpc) is 2.62. The van der Waals surface area contributed by atoms with Gasteiger partial charge in [0.25, 0.3) is 0 Å². The van der Waals surface area contributed by atoms with E-state index in [-0.39, 0.29) is 30.6 Å². The Morgan fingerprint density at radius 2 is 1.81 bits per heavy atom. The van der Waals surface area contributed by atoms with Crippen LogP contribution in [0.4, 0.5) is 13.2 Å². The van der Waals surface area contributed by atoms with Gasteiger partial charge in [-0.15, -0.1) is 24.0 Å². The first-order valence-electron chi connectivity index (χ1n) is 8.03. The fourth-order valence-electron chi connectivity index (χ4n) is 2.20. The Morgan fingerprint density at radius 1 is 1.07 bits per heavy atom. The molecule has 0 aliphatic heterocycles. The number of nitrogens with zero attached hydrogens (tertiary/aromatic N) is 2. The van der Waals surface area contributed by atoms with E-state index in [4.69, 9.17) is 0 Å². The molecule has 0 fully saturated rings. The summed E-state index contributed by atoms with van der Waals surface area (Å²) < 4.78 is 41.1. The molecule has 2 rings (SSSR count). The number of hydrogen-bond donors (Lipinski definition) is 2. The summed E-state index contributed by atoms with van der Waals surface area (Å²) in [6.07, 6.45) is -2.59. The highest BCUT2D eigenvalue weighted by atomic mass is 127. The summed E-state index contributed by atoms with van der Waals surface area (Å²) in [6.45, 7) is -0.319. The van der Waals surface area contributed by atoms with Crippen LogP contribution in [0.1, 0.15) is 16.8 Å². The van der Waals surface area contributed by atoms with Gasteiger partial charge in [0.1, 0.15) is 6.61 Å². The molecule has 0 radical (unpaired) electrons. The first-order valence-corrected chi connectivity index (χ1v) is 8.03. The fraction of sp³-hybridized carbons (Fsp3) is 0.333. The van der Waals surface area contributed by atoms with Crippen LogP contribution in [0.15, 0.2) is 53.7 Å². The van der Waals surface area contributed by atoms with Crippen molar-refractivity contribution < 1.29 is 17.9 Å². The van der Waals surface area contributed by atoms with Crippen molar-refractivity contribution in [2.24, 2.45) is 4.99 Å². The first-order chi connectivity index (χ1) is 12.5. The van der Waals surface area contributed by atoms with E-state index in [0.717, 1.165) is 11.3 Å². The number of rotatable bonds is 7. The summed E-state index contributed by atoms with van der Waals surface area (Å²) in [7, 11) is 1.66. The molecule has 1 heterocycles. The maximum absolute atomic E-state index is 12.1. The highest BCUT2D eigenvalue weighted by molar-refractivity contribution is 14.0. The standard InChI is InChI=1S/C18H21F3N4O.HI/c1-22-17(25-11-16-7-2-3-8-23-16)24-10-14-5-4-6-15(9-14)12-26-13-18(19,20)21;/h2-9H,10-13H2,1H3,(H2,22,24,25);1H. The predicted octanol–water partition coefficient (Wildman–Crippen LogP) is 3.64. The zero-order chi connectivity index (χ0) is 18.8. The molecule has 27 heavy (non-hydrogen) atoms. The molecule has 9 heteroatoms. The van der Waals surface area contributed by atoms with Crippen molar-refractivity contribution in [3.63, 3.8) is 0 Å². The molecule has 148 valence electrons. The molecule has 0 bridgehead atoms. The molecule has 1 aromatic heterocycles. The van der Waals surface area contributed by atoms with E-state index in [1.807, 2.05) is 24.3 Å². The molecule has 1 aromatic carbocycles. The molecule has 0 atom stereocenters.